The van der Waals surface area contributed by atoms with Crippen molar-refractivity contribution in [3.8, 4) is 11.5 Å². The van der Waals surface area contributed by atoms with Gasteiger partial charge in [-0.25, -0.2) is 0 Å². The van der Waals surface area contributed by atoms with Gasteiger partial charge < -0.3 is 14.6 Å². The third-order valence-corrected chi connectivity index (χ3v) is 4.48. The lowest BCUT2D eigenvalue weighted by Gasteiger charge is -2.22. The number of benzene rings is 2. The van der Waals surface area contributed by atoms with Crippen LogP contribution in [0.15, 0.2) is 51.4 Å². The van der Waals surface area contributed by atoms with Crippen LogP contribution in [0.5, 0.6) is 11.5 Å². The number of hydrogen-bond acceptors (Lipinski definition) is 4. The van der Waals surface area contributed by atoms with Gasteiger partial charge in [-0.15, -0.1) is 0 Å². The second-order valence-electron chi connectivity index (χ2n) is 5.57. The summed E-state index contributed by atoms with van der Waals surface area (Å²) in [4.78, 5) is 2.04. The number of ether oxygens (including phenoxy) is 2. The predicted octanol–water partition coefficient (Wildman–Crippen LogP) is 4.09. The molecule has 0 radical (unpaired) electrons. The smallest absolute Gasteiger partial charge is 0.123 e. The second-order valence-corrected chi connectivity index (χ2v) is 7.40. The maximum absolute atomic E-state index is 10.2. The van der Waals surface area contributed by atoms with Gasteiger partial charge in [0.15, 0.2) is 0 Å². The van der Waals surface area contributed by atoms with E-state index in [1.807, 2.05) is 54.4 Å². The summed E-state index contributed by atoms with van der Waals surface area (Å²) in [6.07, 6.45) is -0.572. The average Bonchev–Trinajstić information content (AvgIpc) is 2.54. The highest BCUT2D eigenvalue weighted by atomic mass is 79.9. The number of methoxy groups -OCH3 is 1. The highest BCUT2D eigenvalue weighted by Gasteiger charge is 2.12. The van der Waals surface area contributed by atoms with Crippen molar-refractivity contribution in [3.63, 3.8) is 0 Å². The van der Waals surface area contributed by atoms with Gasteiger partial charge >= 0.3 is 0 Å². The lowest BCUT2D eigenvalue weighted by Crippen LogP contribution is -2.32. The van der Waals surface area contributed by atoms with E-state index in [-0.39, 0.29) is 6.61 Å². The van der Waals surface area contributed by atoms with Gasteiger partial charge in [0.1, 0.15) is 24.2 Å². The standard InChI is InChI=1S/C18H21Br2NO3/c1-21(10-13-9-15(20)5-8-18(13)23-2)11-16(22)12-24-17-6-3-14(19)4-7-17/h3-9,16,22H,10-12H2,1-2H3/t16-/m0/s1. The highest BCUT2D eigenvalue weighted by molar-refractivity contribution is 9.10. The third kappa shape index (κ3) is 6.09. The van der Waals surface area contributed by atoms with Crippen molar-refractivity contribution >= 4 is 31.9 Å². The minimum atomic E-state index is -0.572. The van der Waals surface area contributed by atoms with Crippen LogP contribution in [0.1, 0.15) is 5.56 Å². The molecule has 4 nitrogen and oxygen atoms in total. The number of nitrogens with zero attached hydrogens (tertiary/aromatic N) is 1. The summed E-state index contributed by atoms with van der Waals surface area (Å²) >= 11 is 6.86. The maximum atomic E-state index is 10.2. The van der Waals surface area contributed by atoms with Crippen molar-refractivity contribution in [2.24, 2.45) is 0 Å². The van der Waals surface area contributed by atoms with Gasteiger partial charge in [-0.05, 0) is 49.5 Å². The number of aliphatic hydroxyl groups is 1. The quantitative estimate of drug-likeness (QED) is 0.646. The van der Waals surface area contributed by atoms with E-state index in [4.69, 9.17) is 9.47 Å². The predicted molar refractivity (Wildman–Crippen MR) is 103 cm³/mol. The zero-order valence-electron chi connectivity index (χ0n) is 13.7. The van der Waals surface area contributed by atoms with Gasteiger partial charge in [0.2, 0.25) is 0 Å². The van der Waals surface area contributed by atoms with E-state index in [2.05, 4.69) is 31.9 Å². The lowest BCUT2D eigenvalue weighted by atomic mass is 10.2. The fraction of sp³-hybridized carbons (Fsp3) is 0.333. The van der Waals surface area contributed by atoms with Crippen LogP contribution in [0.25, 0.3) is 0 Å². The summed E-state index contributed by atoms with van der Waals surface area (Å²) < 4.78 is 13.0. The second kappa shape index (κ2) is 9.42. The van der Waals surface area contributed by atoms with Crippen LogP contribution >= 0.6 is 31.9 Å². The molecule has 0 aliphatic carbocycles. The molecule has 0 aliphatic rings. The zero-order chi connectivity index (χ0) is 17.5. The summed E-state index contributed by atoms with van der Waals surface area (Å²) in [5.74, 6) is 1.58. The first-order valence-electron chi connectivity index (χ1n) is 7.55. The van der Waals surface area contributed by atoms with Crippen molar-refractivity contribution in [3.05, 3.63) is 57.0 Å². The number of aliphatic hydroxyl groups excluding tert-OH is 1. The van der Waals surface area contributed by atoms with E-state index in [0.717, 1.165) is 26.0 Å². The number of likely N-dealkylation sites (N-methyl/N-ethyl adjacent to an activating group) is 1. The normalized spacial score (nSPS) is 12.2. The monoisotopic (exact) mass is 457 g/mol. The molecule has 0 saturated heterocycles. The zero-order valence-corrected chi connectivity index (χ0v) is 16.9. The minimum Gasteiger partial charge on any atom is -0.496 e. The van der Waals surface area contributed by atoms with E-state index in [1.54, 1.807) is 7.11 Å². The summed E-state index contributed by atoms with van der Waals surface area (Å²) in [5, 5.41) is 10.2. The van der Waals surface area contributed by atoms with Gasteiger partial charge in [0.05, 0.1) is 7.11 Å². The van der Waals surface area contributed by atoms with Gasteiger partial charge in [-0.2, -0.15) is 0 Å². The lowest BCUT2D eigenvalue weighted by molar-refractivity contribution is 0.0741. The van der Waals surface area contributed by atoms with Crippen molar-refractivity contribution < 1.29 is 14.6 Å². The largest absolute Gasteiger partial charge is 0.496 e. The Labute approximate surface area is 159 Å². The van der Waals surface area contributed by atoms with Gasteiger partial charge in [0, 0.05) is 27.6 Å². The van der Waals surface area contributed by atoms with Crippen molar-refractivity contribution in [1.29, 1.82) is 0 Å². The van der Waals surface area contributed by atoms with Crippen molar-refractivity contribution in [2.45, 2.75) is 12.6 Å². The molecule has 1 N–H and O–H groups in total. The third-order valence-electron chi connectivity index (χ3n) is 3.46. The Bertz CT molecular complexity index is 649. The first kappa shape index (κ1) is 19.2. The first-order valence-corrected chi connectivity index (χ1v) is 9.14. The fourth-order valence-electron chi connectivity index (χ4n) is 2.36. The Balaban J connectivity index is 1.84. The van der Waals surface area contributed by atoms with Crippen molar-refractivity contribution in [2.75, 3.05) is 27.3 Å². The molecule has 0 saturated carbocycles. The van der Waals surface area contributed by atoms with Crippen LogP contribution in [0.2, 0.25) is 0 Å². The summed E-state index contributed by atoms with van der Waals surface area (Å²) in [6, 6.07) is 13.5. The molecule has 0 amide bonds. The molecule has 0 aliphatic heterocycles. The number of rotatable bonds is 8. The molecular formula is C18H21Br2NO3. The molecule has 2 rings (SSSR count). The van der Waals surface area contributed by atoms with Crippen LogP contribution in [0.4, 0.5) is 0 Å². The molecule has 24 heavy (non-hydrogen) atoms. The number of hydrogen-bond donors (Lipinski definition) is 1. The van der Waals surface area contributed by atoms with Crippen LogP contribution in [-0.4, -0.2) is 43.4 Å². The Hall–Kier alpha value is -1.08. The van der Waals surface area contributed by atoms with Crippen molar-refractivity contribution in [1.82, 2.24) is 4.90 Å². The fourth-order valence-corrected chi connectivity index (χ4v) is 3.03. The Morgan fingerprint density at radius 3 is 2.42 bits per heavy atom. The van der Waals surface area contributed by atoms with Gasteiger partial charge in [-0.1, -0.05) is 31.9 Å². The summed E-state index contributed by atoms with van der Waals surface area (Å²) in [7, 11) is 3.62. The van der Waals surface area contributed by atoms with Crippen LogP contribution in [-0.2, 0) is 6.54 Å². The summed E-state index contributed by atoms with van der Waals surface area (Å²) in [5.41, 5.74) is 1.07. The first-order chi connectivity index (χ1) is 11.5. The molecule has 2 aromatic rings. The van der Waals surface area contributed by atoms with E-state index in [9.17, 15) is 5.11 Å². The van der Waals surface area contributed by atoms with E-state index in [0.29, 0.717) is 13.1 Å². The average molecular weight is 459 g/mol. The Kier molecular flexibility index (Phi) is 7.55. The van der Waals surface area contributed by atoms with E-state index >= 15 is 0 Å². The molecule has 130 valence electrons. The summed E-state index contributed by atoms with van der Waals surface area (Å²) in [6.45, 7) is 1.44. The van der Waals surface area contributed by atoms with Crippen LogP contribution in [0.3, 0.4) is 0 Å². The minimum absolute atomic E-state index is 0.252. The molecule has 2 aromatic carbocycles. The molecular weight excluding hydrogens is 438 g/mol. The van der Waals surface area contributed by atoms with Gasteiger partial charge in [-0.3, -0.25) is 4.90 Å². The van der Waals surface area contributed by atoms with Crippen LogP contribution in [0, 0.1) is 0 Å². The topological polar surface area (TPSA) is 41.9 Å². The van der Waals surface area contributed by atoms with Gasteiger partial charge in [0.25, 0.3) is 0 Å². The highest BCUT2D eigenvalue weighted by Crippen LogP contribution is 2.24. The molecule has 0 aromatic heterocycles. The van der Waals surface area contributed by atoms with E-state index < -0.39 is 6.10 Å². The number of halogens is 2. The Morgan fingerprint density at radius 2 is 1.75 bits per heavy atom. The molecule has 0 spiro atoms. The van der Waals surface area contributed by atoms with Crippen LogP contribution < -0.4 is 9.47 Å². The maximum Gasteiger partial charge on any atom is 0.123 e. The Morgan fingerprint density at radius 1 is 1.08 bits per heavy atom. The van der Waals surface area contributed by atoms with E-state index in [1.165, 1.54) is 0 Å². The molecule has 0 unspecified atom stereocenters. The molecule has 0 heterocycles. The SMILES string of the molecule is COc1ccc(Br)cc1CN(C)C[C@H](O)COc1ccc(Br)cc1. The molecule has 6 heteroatoms. The molecule has 0 fully saturated rings. The molecule has 0 bridgehead atoms. The molecule has 1 atom stereocenters.